The minimum atomic E-state index is -0.125. The first-order chi connectivity index (χ1) is 5.15. The van der Waals surface area contributed by atoms with Gasteiger partial charge in [-0.2, -0.15) is 0 Å². The zero-order valence-electron chi connectivity index (χ0n) is 6.62. The van der Waals surface area contributed by atoms with Gasteiger partial charge < -0.3 is 0 Å². The highest BCUT2D eigenvalue weighted by atomic mass is 127. The van der Waals surface area contributed by atoms with Crippen molar-refractivity contribution < 1.29 is 4.39 Å². The molecule has 0 bridgehead atoms. The number of benzene rings is 1. The van der Waals surface area contributed by atoms with E-state index in [9.17, 15) is 4.39 Å². The van der Waals surface area contributed by atoms with E-state index in [0.29, 0.717) is 0 Å². The molecule has 0 heterocycles. The molecule has 2 heteroatoms. The van der Waals surface area contributed by atoms with Gasteiger partial charge in [0.2, 0.25) is 0 Å². The molecule has 0 aromatic heterocycles. The average molecular weight is 264 g/mol. The van der Waals surface area contributed by atoms with Gasteiger partial charge >= 0.3 is 0 Å². The zero-order valence-corrected chi connectivity index (χ0v) is 8.78. The number of rotatable bonds is 1. The summed E-state index contributed by atoms with van der Waals surface area (Å²) in [5.74, 6) is -0.125. The topological polar surface area (TPSA) is 0 Å². The van der Waals surface area contributed by atoms with E-state index < -0.39 is 0 Å². The fourth-order valence-corrected chi connectivity index (χ4v) is 1.82. The highest BCUT2D eigenvalue weighted by molar-refractivity contribution is 14.1. The molecule has 1 aromatic carbocycles. The molecular formula is C9H10FI. The minimum absolute atomic E-state index is 0.125. The molecule has 11 heavy (non-hydrogen) atoms. The van der Waals surface area contributed by atoms with E-state index in [4.69, 9.17) is 0 Å². The molecule has 0 amide bonds. The Kier molecular flexibility index (Phi) is 2.87. The smallest absolute Gasteiger partial charge is 0.123 e. The van der Waals surface area contributed by atoms with Crippen LogP contribution in [0.5, 0.6) is 0 Å². The van der Waals surface area contributed by atoms with Crippen LogP contribution in [0, 0.1) is 19.7 Å². The molecule has 0 saturated heterocycles. The first kappa shape index (κ1) is 8.97. The zero-order chi connectivity index (χ0) is 8.43. The Morgan fingerprint density at radius 2 is 2.00 bits per heavy atom. The molecule has 0 fully saturated rings. The first-order valence-electron chi connectivity index (χ1n) is 3.46. The number of hydrogen-bond donors (Lipinski definition) is 0. The van der Waals surface area contributed by atoms with Crippen molar-refractivity contribution in [3.63, 3.8) is 0 Å². The van der Waals surface area contributed by atoms with E-state index in [0.717, 1.165) is 15.6 Å². The Balaban J connectivity index is 3.24. The van der Waals surface area contributed by atoms with Gasteiger partial charge in [-0.15, -0.1) is 0 Å². The molecule has 0 radical (unpaired) electrons. The molecule has 0 aliphatic carbocycles. The van der Waals surface area contributed by atoms with Gasteiger partial charge in [0.25, 0.3) is 0 Å². The van der Waals surface area contributed by atoms with E-state index in [1.54, 1.807) is 12.1 Å². The van der Waals surface area contributed by atoms with Gasteiger partial charge in [0, 0.05) is 4.43 Å². The van der Waals surface area contributed by atoms with Crippen molar-refractivity contribution in [2.45, 2.75) is 18.3 Å². The predicted octanol–water partition coefficient (Wildman–Crippen LogP) is 3.38. The first-order valence-corrected chi connectivity index (χ1v) is 4.99. The molecule has 0 atom stereocenters. The minimum Gasteiger partial charge on any atom is -0.207 e. The lowest BCUT2D eigenvalue weighted by Gasteiger charge is -2.05. The summed E-state index contributed by atoms with van der Waals surface area (Å²) in [7, 11) is 0. The van der Waals surface area contributed by atoms with Crippen molar-refractivity contribution in [3.8, 4) is 0 Å². The molecule has 0 saturated carbocycles. The van der Waals surface area contributed by atoms with Gasteiger partial charge in [-0.3, -0.25) is 0 Å². The van der Waals surface area contributed by atoms with Crippen molar-refractivity contribution >= 4 is 22.6 Å². The van der Waals surface area contributed by atoms with Crippen molar-refractivity contribution in [2.24, 2.45) is 0 Å². The summed E-state index contributed by atoms with van der Waals surface area (Å²) < 4.78 is 13.7. The van der Waals surface area contributed by atoms with Crippen molar-refractivity contribution in [3.05, 3.63) is 34.6 Å². The summed E-state index contributed by atoms with van der Waals surface area (Å²) >= 11 is 2.25. The molecule has 0 aliphatic rings. The Morgan fingerprint density at radius 3 is 2.55 bits per heavy atom. The van der Waals surface area contributed by atoms with Crippen LogP contribution in [0.1, 0.15) is 16.7 Å². The second-order valence-electron chi connectivity index (χ2n) is 2.64. The summed E-state index contributed by atoms with van der Waals surface area (Å²) in [6, 6.07) is 3.18. The van der Waals surface area contributed by atoms with Crippen LogP contribution in [0.25, 0.3) is 0 Å². The quantitative estimate of drug-likeness (QED) is 0.539. The molecule has 0 N–H and O–H groups in total. The standard InChI is InChI=1S/C9H10FI/c1-6-3-9(10)4-8(5-11)7(6)2/h3-4H,5H2,1-2H3. The van der Waals surface area contributed by atoms with Crippen LogP contribution in [-0.4, -0.2) is 0 Å². The third-order valence-electron chi connectivity index (χ3n) is 1.88. The second-order valence-corrected chi connectivity index (χ2v) is 3.40. The number of hydrogen-bond acceptors (Lipinski definition) is 0. The van der Waals surface area contributed by atoms with Gasteiger partial charge in [-0.1, -0.05) is 22.6 Å². The lowest BCUT2D eigenvalue weighted by Crippen LogP contribution is -1.90. The predicted molar refractivity (Wildman–Crippen MR) is 53.6 cm³/mol. The molecular weight excluding hydrogens is 254 g/mol. The van der Waals surface area contributed by atoms with Crippen LogP contribution in [0.15, 0.2) is 12.1 Å². The molecule has 0 nitrogen and oxygen atoms in total. The van der Waals surface area contributed by atoms with E-state index in [1.807, 2.05) is 13.8 Å². The number of halogens is 2. The van der Waals surface area contributed by atoms with Gasteiger partial charge in [0.1, 0.15) is 5.82 Å². The highest BCUT2D eigenvalue weighted by Gasteiger charge is 2.01. The van der Waals surface area contributed by atoms with Crippen LogP contribution in [0.3, 0.4) is 0 Å². The van der Waals surface area contributed by atoms with Crippen molar-refractivity contribution in [2.75, 3.05) is 0 Å². The number of aryl methyl sites for hydroxylation is 1. The summed E-state index contributed by atoms with van der Waals surface area (Å²) in [4.78, 5) is 0. The lowest BCUT2D eigenvalue weighted by atomic mass is 10.0. The van der Waals surface area contributed by atoms with Crippen LogP contribution < -0.4 is 0 Å². The van der Waals surface area contributed by atoms with Crippen LogP contribution in [0.2, 0.25) is 0 Å². The van der Waals surface area contributed by atoms with Crippen molar-refractivity contribution in [1.29, 1.82) is 0 Å². The maximum absolute atomic E-state index is 12.8. The lowest BCUT2D eigenvalue weighted by molar-refractivity contribution is 0.624. The van der Waals surface area contributed by atoms with Gasteiger partial charge in [-0.05, 0) is 42.7 Å². The maximum atomic E-state index is 12.8. The molecule has 60 valence electrons. The molecule has 0 aliphatic heterocycles. The largest absolute Gasteiger partial charge is 0.207 e. The summed E-state index contributed by atoms with van der Waals surface area (Å²) in [5.41, 5.74) is 3.35. The Bertz CT molecular complexity index is 269. The van der Waals surface area contributed by atoms with E-state index in [2.05, 4.69) is 22.6 Å². The van der Waals surface area contributed by atoms with Crippen LogP contribution in [0.4, 0.5) is 4.39 Å². The molecule has 0 unspecified atom stereocenters. The van der Waals surface area contributed by atoms with Gasteiger partial charge in [0.05, 0.1) is 0 Å². The average Bonchev–Trinajstić information content (AvgIpc) is 1.96. The second kappa shape index (κ2) is 3.52. The third-order valence-corrected chi connectivity index (χ3v) is 2.71. The van der Waals surface area contributed by atoms with Crippen LogP contribution in [-0.2, 0) is 4.43 Å². The molecule has 0 spiro atoms. The van der Waals surface area contributed by atoms with Crippen molar-refractivity contribution in [1.82, 2.24) is 0 Å². The summed E-state index contributed by atoms with van der Waals surface area (Å²) in [5, 5.41) is 0. The fraction of sp³-hybridized carbons (Fsp3) is 0.333. The number of alkyl halides is 1. The Morgan fingerprint density at radius 1 is 1.36 bits per heavy atom. The maximum Gasteiger partial charge on any atom is 0.123 e. The highest BCUT2D eigenvalue weighted by Crippen LogP contribution is 2.17. The molecule has 1 rings (SSSR count). The summed E-state index contributed by atoms with van der Waals surface area (Å²) in [6.07, 6.45) is 0. The van der Waals surface area contributed by atoms with Gasteiger partial charge in [-0.25, -0.2) is 4.39 Å². The van der Waals surface area contributed by atoms with E-state index >= 15 is 0 Å². The van der Waals surface area contributed by atoms with Gasteiger partial charge in [0.15, 0.2) is 0 Å². The fourth-order valence-electron chi connectivity index (χ4n) is 1.02. The summed E-state index contributed by atoms with van der Waals surface area (Å²) in [6.45, 7) is 3.97. The Hall–Kier alpha value is -0.120. The SMILES string of the molecule is Cc1cc(F)cc(CI)c1C. The normalized spacial score (nSPS) is 10.2. The van der Waals surface area contributed by atoms with Crippen LogP contribution >= 0.6 is 22.6 Å². The van der Waals surface area contributed by atoms with E-state index in [1.165, 1.54) is 5.56 Å². The third kappa shape index (κ3) is 1.92. The monoisotopic (exact) mass is 264 g/mol. The van der Waals surface area contributed by atoms with E-state index in [-0.39, 0.29) is 5.82 Å². The molecule has 1 aromatic rings. The Labute approximate surface area is 80.0 Å².